The SMILES string of the molecule is Cc1ccc(NC(=O)Nc2ncc(SCC[NH-])s2)c(C(=O)C2CCCC2)c1.[Cl-]. The summed E-state index contributed by atoms with van der Waals surface area (Å²) >= 11 is 2.92. The van der Waals surface area contributed by atoms with Gasteiger partial charge >= 0.3 is 6.03 Å². The molecule has 0 atom stereocenters. The van der Waals surface area contributed by atoms with E-state index in [1.54, 1.807) is 24.0 Å². The Bertz CT molecular complexity index is 822. The summed E-state index contributed by atoms with van der Waals surface area (Å²) in [5, 5.41) is 6.02. The van der Waals surface area contributed by atoms with Crippen molar-refractivity contribution < 1.29 is 22.0 Å². The topological polar surface area (TPSA) is 94.9 Å². The number of nitrogens with zero attached hydrogens (tertiary/aromatic N) is 1. The number of nitrogens with one attached hydrogen (secondary N) is 3. The second kappa shape index (κ2) is 10.8. The van der Waals surface area contributed by atoms with E-state index in [4.69, 9.17) is 5.73 Å². The van der Waals surface area contributed by atoms with Crippen molar-refractivity contribution in [3.8, 4) is 0 Å². The third-order valence-corrected chi connectivity index (χ3v) is 6.58. The number of carbonyl (C=O) groups excluding carboxylic acids is 2. The predicted octanol–water partition coefficient (Wildman–Crippen LogP) is 2.62. The molecule has 0 saturated heterocycles. The minimum atomic E-state index is -0.411. The molecule has 3 rings (SSSR count). The van der Waals surface area contributed by atoms with Crippen LogP contribution in [0.25, 0.3) is 5.73 Å². The summed E-state index contributed by atoms with van der Waals surface area (Å²) in [6, 6.07) is 5.12. The summed E-state index contributed by atoms with van der Waals surface area (Å²) in [6.07, 6.45) is 5.74. The van der Waals surface area contributed by atoms with E-state index < -0.39 is 6.03 Å². The number of thiazole rings is 1. The van der Waals surface area contributed by atoms with E-state index in [2.05, 4.69) is 15.6 Å². The Morgan fingerprint density at radius 1 is 1.29 bits per heavy atom. The zero-order chi connectivity index (χ0) is 19.2. The summed E-state index contributed by atoms with van der Waals surface area (Å²) in [5.41, 5.74) is 9.31. The zero-order valence-electron chi connectivity index (χ0n) is 15.6. The first-order valence-electron chi connectivity index (χ1n) is 9.03. The highest BCUT2D eigenvalue weighted by atomic mass is 35.5. The minimum Gasteiger partial charge on any atom is -1.00 e. The van der Waals surface area contributed by atoms with E-state index in [0.29, 0.717) is 28.7 Å². The molecule has 0 spiro atoms. The largest absolute Gasteiger partial charge is 1.00 e. The summed E-state index contributed by atoms with van der Waals surface area (Å²) in [5.74, 6) is 0.880. The first-order valence-corrected chi connectivity index (χ1v) is 10.8. The number of urea groups is 1. The van der Waals surface area contributed by atoms with E-state index in [1.165, 1.54) is 11.3 Å². The molecule has 1 aliphatic carbocycles. The Morgan fingerprint density at radius 3 is 2.75 bits per heavy atom. The zero-order valence-corrected chi connectivity index (χ0v) is 18.0. The number of ketones is 1. The number of hydrogen-bond acceptors (Lipinski definition) is 5. The van der Waals surface area contributed by atoms with Gasteiger partial charge in [-0.05, 0) is 37.7 Å². The standard InChI is InChI=1S/C19H23N4O2S2.ClH/c1-12-6-7-15(14(10-12)17(24)13-4-2-3-5-13)22-18(25)23-19-21-11-16(27-19)26-9-8-20;/h6-7,10-11,13,20H,2-5,8-9H2,1H3,(H2,21,22,23,25);1H/q-1;/p-1. The number of Topliss-reactive ketones (excluding diaryl/α,β-unsaturated/α-hetero) is 1. The molecule has 2 amide bonds. The van der Waals surface area contributed by atoms with Crippen molar-refractivity contribution in [2.45, 2.75) is 36.8 Å². The van der Waals surface area contributed by atoms with E-state index in [-0.39, 0.29) is 24.1 Å². The monoisotopic (exact) mass is 438 g/mol. The minimum absolute atomic E-state index is 0. The number of anilines is 2. The highest BCUT2D eigenvalue weighted by Gasteiger charge is 2.26. The van der Waals surface area contributed by atoms with E-state index in [0.717, 1.165) is 35.5 Å². The summed E-state index contributed by atoms with van der Waals surface area (Å²) in [7, 11) is 0. The molecule has 1 heterocycles. The fourth-order valence-electron chi connectivity index (χ4n) is 3.17. The molecule has 1 saturated carbocycles. The third kappa shape index (κ3) is 5.94. The Balaban J connectivity index is 0.00000280. The number of halogens is 1. The normalized spacial score (nSPS) is 13.8. The first-order chi connectivity index (χ1) is 13.1. The molecule has 1 aliphatic rings. The molecule has 0 radical (unpaired) electrons. The lowest BCUT2D eigenvalue weighted by molar-refractivity contribution is -0.0000164. The number of rotatable bonds is 7. The molecule has 28 heavy (non-hydrogen) atoms. The summed E-state index contributed by atoms with van der Waals surface area (Å²) in [4.78, 5) is 29.4. The maximum Gasteiger partial charge on any atom is 0.325 e. The van der Waals surface area contributed by atoms with Gasteiger partial charge in [0.2, 0.25) is 0 Å². The number of thioether (sulfide) groups is 1. The highest BCUT2D eigenvalue weighted by molar-refractivity contribution is 8.01. The van der Waals surface area contributed by atoms with Crippen molar-refractivity contribution in [2.75, 3.05) is 22.9 Å². The fourth-order valence-corrected chi connectivity index (χ4v) is 4.86. The van der Waals surface area contributed by atoms with Crippen LogP contribution in [0.4, 0.5) is 15.6 Å². The van der Waals surface area contributed by atoms with Crippen molar-refractivity contribution in [3.63, 3.8) is 0 Å². The van der Waals surface area contributed by atoms with Crippen LogP contribution in [0, 0.1) is 12.8 Å². The van der Waals surface area contributed by atoms with Gasteiger partial charge < -0.3 is 23.5 Å². The quantitative estimate of drug-likeness (QED) is 0.513. The molecule has 0 aliphatic heterocycles. The number of amides is 2. The van der Waals surface area contributed by atoms with Gasteiger partial charge in [0.05, 0.1) is 16.1 Å². The van der Waals surface area contributed by atoms with E-state index >= 15 is 0 Å². The van der Waals surface area contributed by atoms with E-state index in [9.17, 15) is 9.59 Å². The molecule has 1 aromatic heterocycles. The van der Waals surface area contributed by atoms with Gasteiger partial charge in [-0.1, -0.05) is 35.8 Å². The van der Waals surface area contributed by atoms with Crippen LogP contribution in [0.1, 0.15) is 41.6 Å². The van der Waals surface area contributed by atoms with Crippen molar-refractivity contribution in [1.82, 2.24) is 4.98 Å². The molecular weight excluding hydrogens is 416 g/mol. The number of aryl methyl sites for hydroxylation is 1. The molecule has 2 aromatic rings. The van der Waals surface area contributed by atoms with Crippen LogP contribution in [0.3, 0.4) is 0 Å². The molecule has 3 N–H and O–H groups in total. The molecular formula is C19H23ClN4O2S2-2. The summed E-state index contributed by atoms with van der Waals surface area (Å²) < 4.78 is 0.963. The van der Waals surface area contributed by atoms with Crippen molar-refractivity contribution in [2.24, 2.45) is 5.92 Å². The molecule has 0 bridgehead atoms. The van der Waals surface area contributed by atoms with Gasteiger partial charge in [0, 0.05) is 11.5 Å². The third-order valence-electron chi connectivity index (χ3n) is 4.47. The maximum absolute atomic E-state index is 12.9. The number of aromatic nitrogens is 1. The van der Waals surface area contributed by atoms with Gasteiger partial charge in [-0.3, -0.25) is 10.1 Å². The maximum atomic E-state index is 12.9. The number of carbonyl (C=O) groups is 2. The smallest absolute Gasteiger partial charge is 0.325 e. The van der Waals surface area contributed by atoms with Crippen LogP contribution in [0.15, 0.2) is 28.6 Å². The highest BCUT2D eigenvalue weighted by Crippen LogP contribution is 2.31. The molecule has 1 fully saturated rings. The van der Waals surface area contributed by atoms with Crippen LogP contribution >= 0.6 is 23.1 Å². The van der Waals surface area contributed by atoms with Crippen LogP contribution in [0.2, 0.25) is 0 Å². The molecule has 9 heteroatoms. The van der Waals surface area contributed by atoms with E-state index in [1.807, 2.05) is 19.1 Å². The van der Waals surface area contributed by atoms with Crippen molar-refractivity contribution in [3.05, 3.63) is 41.3 Å². The first kappa shape index (κ1) is 22.7. The van der Waals surface area contributed by atoms with Gasteiger partial charge in [0.25, 0.3) is 0 Å². The van der Waals surface area contributed by atoms with Crippen LogP contribution in [-0.2, 0) is 0 Å². The molecule has 0 unspecified atom stereocenters. The summed E-state index contributed by atoms with van der Waals surface area (Å²) in [6.45, 7) is 2.29. The second-order valence-electron chi connectivity index (χ2n) is 6.56. The van der Waals surface area contributed by atoms with Gasteiger partial charge in [-0.2, -0.15) is 0 Å². The lowest BCUT2D eigenvalue weighted by Gasteiger charge is -2.14. The van der Waals surface area contributed by atoms with Crippen LogP contribution in [-0.4, -0.2) is 29.1 Å². The molecule has 1 aromatic carbocycles. The Labute approximate surface area is 179 Å². The van der Waals surface area contributed by atoms with Crippen LogP contribution in [0.5, 0.6) is 0 Å². The number of benzene rings is 1. The molecule has 152 valence electrons. The number of hydrogen-bond donors (Lipinski definition) is 2. The van der Waals surface area contributed by atoms with Gasteiger partial charge in [-0.25, -0.2) is 9.78 Å². The predicted molar refractivity (Wildman–Crippen MR) is 112 cm³/mol. The van der Waals surface area contributed by atoms with Gasteiger partial charge in [-0.15, -0.1) is 18.3 Å². The van der Waals surface area contributed by atoms with Gasteiger partial charge in [0.1, 0.15) is 0 Å². The average Bonchev–Trinajstić information content (AvgIpc) is 3.33. The lowest BCUT2D eigenvalue weighted by Crippen LogP contribution is -3.00. The fraction of sp³-hybridized carbons (Fsp3) is 0.421. The lowest BCUT2D eigenvalue weighted by atomic mass is 9.94. The Morgan fingerprint density at radius 2 is 2.04 bits per heavy atom. The Kier molecular flexibility index (Phi) is 8.75. The van der Waals surface area contributed by atoms with Crippen molar-refractivity contribution in [1.29, 1.82) is 0 Å². The van der Waals surface area contributed by atoms with Crippen LogP contribution < -0.4 is 23.0 Å². The van der Waals surface area contributed by atoms with Gasteiger partial charge in [0.15, 0.2) is 10.9 Å². The second-order valence-corrected chi connectivity index (χ2v) is 8.98. The average molecular weight is 439 g/mol. The Hall–Kier alpha value is -1.61. The van der Waals surface area contributed by atoms with Crippen molar-refractivity contribution >= 4 is 45.7 Å². The molecule has 6 nitrogen and oxygen atoms in total.